The van der Waals surface area contributed by atoms with Crippen LogP contribution in [0.2, 0.25) is 10.0 Å². The number of para-hydroxylation sites is 1. The number of carbonyl (C=O) groups excluding carboxylic acids is 1. The summed E-state index contributed by atoms with van der Waals surface area (Å²) < 4.78 is 15.9. The molecular weight excluding hydrogens is 437 g/mol. The van der Waals surface area contributed by atoms with Gasteiger partial charge in [-0.1, -0.05) is 29.3 Å². The van der Waals surface area contributed by atoms with Crippen LogP contribution in [-0.2, 0) is 9.53 Å². The SMILES string of the molecule is O=C(O)COCCOc1cc(Cl)ccc1NC(=O)c1cc(=O)c2cccc(Cl)c2o1. The average Bonchev–Trinajstić information content (AvgIpc) is 2.70. The zero-order valence-corrected chi connectivity index (χ0v) is 16.8. The van der Waals surface area contributed by atoms with Crippen molar-refractivity contribution in [3.8, 4) is 5.75 Å². The number of anilines is 1. The minimum absolute atomic E-state index is 0.0181. The van der Waals surface area contributed by atoms with Gasteiger partial charge in [0.15, 0.2) is 16.8 Å². The van der Waals surface area contributed by atoms with Crippen LogP contribution in [0.3, 0.4) is 0 Å². The molecule has 1 amide bonds. The van der Waals surface area contributed by atoms with Gasteiger partial charge in [0.2, 0.25) is 0 Å². The molecule has 0 aliphatic rings. The number of rotatable bonds is 8. The van der Waals surface area contributed by atoms with E-state index in [4.69, 9.17) is 42.2 Å². The van der Waals surface area contributed by atoms with Gasteiger partial charge in [-0.2, -0.15) is 0 Å². The highest BCUT2D eigenvalue weighted by Gasteiger charge is 2.16. The zero-order valence-electron chi connectivity index (χ0n) is 15.3. The summed E-state index contributed by atoms with van der Waals surface area (Å²) in [6.45, 7) is -0.409. The van der Waals surface area contributed by atoms with Crippen molar-refractivity contribution in [1.82, 2.24) is 0 Å². The predicted octanol–water partition coefficient (Wildman–Crippen LogP) is 3.83. The fraction of sp³-hybridized carbons (Fsp3) is 0.150. The molecule has 156 valence electrons. The fourth-order valence-electron chi connectivity index (χ4n) is 2.53. The van der Waals surface area contributed by atoms with Crippen molar-refractivity contribution in [2.24, 2.45) is 0 Å². The molecule has 0 radical (unpaired) electrons. The molecule has 2 aromatic carbocycles. The van der Waals surface area contributed by atoms with E-state index < -0.39 is 23.9 Å². The summed E-state index contributed by atoms with van der Waals surface area (Å²) in [5, 5.41) is 12.0. The van der Waals surface area contributed by atoms with Gasteiger partial charge in [0.25, 0.3) is 5.91 Å². The quantitative estimate of drug-likeness (QED) is 0.499. The van der Waals surface area contributed by atoms with Crippen molar-refractivity contribution in [3.63, 3.8) is 0 Å². The molecule has 0 aliphatic carbocycles. The lowest BCUT2D eigenvalue weighted by Crippen LogP contribution is -2.17. The van der Waals surface area contributed by atoms with Gasteiger partial charge in [0, 0.05) is 17.2 Å². The normalized spacial score (nSPS) is 10.7. The second-order valence-electron chi connectivity index (χ2n) is 5.98. The van der Waals surface area contributed by atoms with Crippen molar-refractivity contribution in [1.29, 1.82) is 0 Å². The number of carboxylic acid groups (broad SMARTS) is 1. The zero-order chi connectivity index (χ0) is 21.7. The van der Waals surface area contributed by atoms with Gasteiger partial charge >= 0.3 is 5.97 Å². The summed E-state index contributed by atoms with van der Waals surface area (Å²) in [5.74, 6) is -1.78. The van der Waals surface area contributed by atoms with E-state index in [1.807, 2.05) is 0 Å². The lowest BCUT2D eigenvalue weighted by atomic mass is 10.2. The van der Waals surface area contributed by atoms with Gasteiger partial charge in [-0.3, -0.25) is 9.59 Å². The average molecular weight is 452 g/mol. The molecule has 2 N–H and O–H groups in total. The minimum Gasteiger partial charge on any atom is -0.489 e. The van der Waals surface area contributed by atoms with Crippen LogP contribution in [0.5, 0.6) is 5.75 Å². The Kier molecular flexibility index (Phi) is 6.94. The molecule has 8 nitrogen and oxygen atoms in total. The van der Waals surface area contributed by atoms with Gasteiger partial charge in [0.05, 0.1) is 22.7 Å². The molecular formula is C20H15Cl2NO7. The molecule has 0 bridgehead atoms. The first-order valence-electron chi connectivity index (χ1n) is 8.61. The molecule has 3 rings (SSSR count). The monoisotopic (exact) mass is 451 g/mol. The van der Waals surface area contributed by atoms with Crippen LogP contribution in [0.25, 0.3) is 11.0 Å². The second-order valence-corrected chi connectivity index (χ2v) is 6.82. The highest BCUT2D eigenvalue weighted by molar-refractivity contribution is 6.34. The molecule has 30 heavy (non-hydrogen) atoms. The van der Waals surface area contributed by atoms with Crippen LogP contribution in [0, 0.1) is 0 Å². The van der Waals surface area contributed by atoms with E-state index in [0.717, 1.165) is 6.07 Å². The highest BCUT2D eigenvalue weighted by atomic mass is 35.5. The van der Waals surface area contributed by atoms with E-state index in [-0.39, 0.29) is 46.4 Å². The molecule has 0 aliphatic heterocycles. The second kappa shape index (κ2) is 9.62. The van der Waals surface area contributed by atoms with Gasteiger partial charge in [-0.25, -0.2) is 4.79 Å². The van der Waals surface area contributed by atoms with Crippen molar-refractivity contribution in [2.45, 2.75) is 0 Å². The Morgan fingerprint density at radius 1 is 1.10 bits per heavy atom. The van der Waals surface area contributed by atoms with E-state index in [0.29, 0.717) is 5.02 Å². The molecule has 0 fully saturated rings. The Bertz CT molecular complexity index is 1160. The number of hydrogen-bond donors (Lipinski definition) is 2. The molecule has 3 aromatic rings. The standard InChI is InChI=1S/C20H15Cl2NO7/c21-11-4-5-14(16(8-11)29-7-6-28-10-18(25)26)23-20(27)17-9-15(24)12-2-1-3-13(22)19(12)30-17/h1-5,8-9H,6-7,10H2,(H,23,27)(H,25,26). The number of ether oxygens (including phenoxy) is 2. The highest BCUT2D eigenvalue weighted by Crippen LogP contribution is 2.29. The summed E-state index contributed by atoms with van der Waals surface area (Å²) in [4.78, 5) is 35.4. The van der Waals surface area contributed by atoms with Crippen LogP contribution in [-0.4, -0.2) is 36.8 Å². The van der Waals surface area contributed by atoms with Crippen LogP contribution in [0.15, 0.2) is 51.7 Å². The number of carbonyl (C=O) groups is 2. The summed E-state index contributed by atoms with van der Waals surface area (Å²) >= 11 is 12.0. The topological polar surface area (TPSA) is 115 Å². The van der Waals surface area contributed by atoms with E-state index in [1.54, 1.807) is 24.3 Å². The number of hydrogen-bond acceptors (Lipinski definition) is 6. The van der Waals surface area contributed by atoms with Gasteiger partial charge in [-0.05, 0) is 24.3 Å². The number of carboxylic acids is 1. The van der Waals surface area contributed by atoms with Gasteiger partial charge in [-0.15, -0.1) is 0 Å². The third-order valence-electron chi connectivity index (χ3n) is 3.83. The maximum atomic E-state index is 12.6. The van der Waals surface area contributed by atoms with Crippen molar-refractivity contribution in [3.05, 3.63) is 68.5 Å². The molecule has 1 heterocycles. The minimum atomic E-state index is -1.09. The van der Waals surface area contributed by atoms with Crippen LogP contribution in [0.4, 0.5) is 5.69 Å². The number of fused-ring (bicyclic) bond motifs is 1. The maximum Gasteiger partial charge on any atom is 0.329 e. The van der Waals surface area contributed by atoms with Crippen LogP contribution in [0.1, 0.15) is 10.6 Å². The van der Waals surface area contributed by atoms with Crippen molar-refractivity contribution in [2.75, 3.05) is 25.1 Å². The first-order chi connectivity index (χ1) is 14.3. The number of benzene rings is 2. The lowest BCUT2D eigenvalue weighted by Gasteiger charge is -2.13. The van der Waals surface area contributed by atoms with E-state index in [9.17, 15) is 14.4 Å². The van der Waals surface area contributed by atoms with E-state index in [2.05, 4.69) is 5.32 Å². The summed E-state index contributed by atoms with van der Waals surface area (Å²) in [6, 6.07) is 10.3. The van der Waals surface area contributed by atoms with Gasteiger partial charge in [0.1, 0.15) is 19.0 Å². The van der Waals surface area contributed by atoms with Crippen molar-refractivity contribution >= 4 is 51.7 Å². The summed E-state index contributed by atoms with van der Waals surface area (Å²) in [7, 11) is 0. The first-order valence-corrected chi connectivity index (χ1v) is 9.36. The first kappa shape index (κ1) is 21.6. The Labute approximate surface area is 179 Å². The smallest absolute Gasteiger partial charge is 0.329 e. The molecule has 1 aromatic heterocycles. The Hall–Kier alpha value is -3.07. The maximum absolute atomic E-state index is 12.6. The Balaban J connectivity index is 1.78. The Morgan fingerprint density at radius 3 is 2.67 bits per heavy atom. The third-order valence-corrected chi connectivity index (χ3v) is 4.37. The van der Waals surface area contributed by atoms with Crippen LogP contribution < -0.4 is 15.5 Å². The Morgan fingerprint density at radius 2 is 1.90 bits per heavy atom. The third kappa shape index (κ3) is 5.29. The molecule has 10 heteroatoms. The molecule has 0 unspecified atom stereocenters. The number of halogens is 2. The largest absolute Gasteiger partial charge is 0.489 e. The molecule has 0 atom stereocenters. The van der Waals surface area contributed by atoms with E-state index >= 15 is 0 Å². The predicted molar refractivity (Wildman–Crippen MR) is 111 cm³/mol. The molecule has 0 saturated heterocycles. The van der Waals surface area contributed by atoms with E-state index in [1.165, 1.54) is 12.1 Å². The fourth-order valence-corrected chi connectivity index (χ4v) is 2.90. The van der Waals surface area contributed by atoms with Gasteiger partial charge < -0.3 is 24.3 Å². The lowest BCUT2D eigenvalue weighted by molar-refractivity contribution is -0.142. The summed E-state index contributed by atoms with van der Waals surface area (Å²) in [6.07, 6.45) is 0. The summed E-state index contributed by atoms with van der Waals surface area (Å²) in [5.41, 5.74) is -0.0310. The number of amides is 1. The number of nitrogens with one attached hydrogen (secondary N) is 1. The number of aliphatic carboxylic acids is 1. The van der Waals surface area contributed by atoms with Crippen molar-refractivity contribution < 1.29 is 28.6 Å². The van der Waals surface area contributed by atoms with Crippen LogP contribution >= 0.6 is 23.2 Å². The molecule has 0 spiro atoms. The molecule has 0 saturated carbocycles.